The number of carbonyl (C=O) groups is 2. The normalized spacial score (nSPS) is 38.0. The topological polar surface area (TPSA) is 74.6 Å². The summed E-state index contributed by atoms with van der Waals surface area (Å²) >= 11 is 0. The number of carboxylic acid groups (broad SMARTS) is 2. The summed E-state index contributed by atoms with van der Waals surface area (Å²) in [5, 5.41) is 17.7. The molecule has 14 heavy (non-hydrogen) atoms. The molecule has 1 fully saturated rings. The molecule has 4 nitrogen and oxygen atoms in total. The van der Waals surface area contributed by atoms with Gasteiger partial charge < -0.3 is 10.2 Å². The van der Waals surface area contributed by atoms with E-state index in [9.17, 15) is 9.59 Å². The Hall–Kier alpha value is -0.801. The van der Waals surface area contributed by atoms with E-state index < -0.39 is 23.8 Å². The fourth-order valence-electron chi connectivity index (χ4n) is 2.50. The van der Waals surface area contributed by atoms with Crippen LogP contribution >= 0.6 is 0 Å². The third-order valence-electron chi connectivity index (χ3n) is 3.03. The average molecular weight is 246 g/mol. The number of fused-ring (bicyclic) bond motifs is 2. The smallest absolute Gasteiger partial charge is 0.481 e. The Morgan fingerprint density at radius 2 is 1.36 bits per heavy atom. The first-order chi connectivity index (χ1) is 6.11. The van der Waals surface area contributed by atoms with Crippen molar-refractivity contribution in [3.05, 3.63) is 12.2 Å². The van der Waals surface area contributed by atoms with Gasteiger partial charge in [-0.2, -0.15) is 0 Å². The molecule has 0 aromatic heterocycles. The molecule has 0 aromatic rings. The Kier molecular flexibility index (Phi) is 3.02. The molecule has 79 valence electrons. The van der Waals surface area contributed by atoms with Gasteiger partial charge in [0, 0.05) is 0 Å². The maximum absolute atomic E-state index is 10.8. The van der Waals surface area contributed by atoms with Gasteiger partial charge in [-0.15, -0.1) is 0 Å². The molecule has 4 atom stereocenters. The van der Waals surface area contributed by atoms with E-state index in [1.165, 1.54) is 0 Å². The van der Waals surface area contributed by atoms with Gasteiger partial charge in [0.15, 0.2) is 0 Å². The van der Waals surface area contributed by atoms with Crippen LogP contribution in [0, 0.1) is 23.7 Å². The molecule has 0 amide bonds. The molecule has 5 heteroatoms. The van der Waals surface area contributed by atoms with E-state index in [4.69, 9.17) is 10.2 Å². The molecule has 0 spiro atoms. The van der Waals surface area contributed by atoms with Crippen molar-refractivity contribution in [1.29, 1.82) is 0 Å². The van der Waals surface area contributed by atoms with E-state index in [-0.39, 0.29) is 28.9 Å². The molecule has 2 N–H and O–H groups in total. The summed E-state index contributed by atoms with van der Waals surface area (Å²) in [5.41, 5.74) is 0. The van der Waals surface area contributed by atoms with Crippen LogP contribution in [0.3, 0.4) is 0 Å². The summed E-state index contributed by atoms with van der Waals surface area (Å²) in [7, 11) is 0. The zero-order valence-electron chi connectivity index (χ0n) is 7.18. The Bertz CT molecular complexity index is 271. The molecule has 0 aromatic carbocycles. The van der Waals surface area contributed by atoms with Crippen molar-refractivity contribution in [2.75, 3.05) is 0 Å². The van der Waals surface area contributed by atoms with E-state index in [1.807, 2.05) is 12.2 Å². The number of rotatable bonds is 2. The minimum absolute atomic E-state index is 0. The van der Waals surface area contributed by atoms with Crippen LogP contribution in [0.25, 0.3) is 0 Å². The first kappa shape index (κ1) is 11.3. The third kappa shape index (κ3) is 1.47. The minimum atomic E-state index is -0.982. The van der Waals surface area contributed by atoms with Crippen LogP contribution in [0.15, 0.2) is 12.2 Å². The van der Waals surface area contributed by atoms with Crippen LogP contribution in [-0.4, -0.2) is 22.2 Å². The second-order valence-corrected chi connectivity index (χ2v) is 3.68. The number of allylic oxidation sites excluding steroid dienone is 2. The largest absolute Gasteiger partial charge is 2.00 e. The third-order valence-corrected chi connectivity index (χ3v) is 3.03. The number of carboxylic acids is 2. The van der Waals surface area contributed by atoms with Crippen LogP contribution in [0.5, 0.6) is 0 Å². The van der Waals surface area contributed by atoms with Gasteiger partial charge in [-0.3, -0.25) is 9.59 Å². The number of hydrogen-bond acceptors (Lipinski definition) is 2. The molecule has 0 heterocycles. The Labute approximate surface area is 91.5 Å². The molecule has 0 saturated heterocycles. The summed E-state index contributed by atoms with van der Waals surface area (Å²) in [5.74, 6) is -3.53. The van der Waals surface area contributed by atoms with E-state index in [0.717, 1.165) is 0 Å². The van der Waals surface area contributed by atoms with Gasteiger partial charge in [0.1, 0.15) is 0 Å². The van der Waals surface area contributed by atoms with Gasteiger partial charge in [-0.25, -0.2) is 0 Å². The minimum Gasteiger partial charge on any atom is -0.481 e. The quantitative estimate of drug-likeness (QED) is 0.552. The fraction of sp³-hybridized carbons (Fsp3) is 0.556. The standard InChI is InChI=1S/C9H10O4.Cu/c10-8(11)6-4-1-2-5(3-4)7(6)9(12)13;/h1-2,4-7H,3H2,(H,10,11)(H,12,13);/q;+2. The van der Waals surface area contributed by atoms with E-state index in [1.54, 1.807) is 0 Å². The molecule has 2 bridgehead atoms. The number of hydrogen-bond donors (Lipinski definition) is 2. The predicted octanol–water partition coefficient (Wildman–Crippen LogP) is 0.591. The Morgan fingerprint density at radius 3 is 1.64 bits per heavy atom. The molecular weight excluding hydrogens is 236 g/mol. The first-order valence-corrected chi connectivity index (χ1v) is 4.25. The van der Waals surface area contributed by atoms with Gasteiger partial charge in [0.05, 0.1) is 11.8 Å². The summed E-state index contributed by atoms with van der Waals surface area (Å²) in [4.78, 5) is 21.6. The van der Waals surface area contributed by atoms with Crippen LogP contribution in [0.2, 0.25) is 0 Å². The zero-order valence-corrected chi connectivity index (χ0v) is 8.13. The second kappa shape index (κ2) is 3.75. The van der Waals surface area contributed by atoms with Crippen molar-refractivity contribution in [2.24, 2.45) is 23.7 Å². The summed E-state index contributed by atoms with van der Waals surface area (Å²) < 4.78 is 0. The van der Waals surface area contributed by atoms with Gasteiger partial charge in [-0.1, -0.05) is 12.2 Å². The molecule has 2 aliphatic rings. The van der Waals surface area contributed by atoms with Crippen LogP contribution in [0.4, 0.5) is 0 Å². The molecule has 1 radical (unpaired) electrons. The average Bonchev–Trinajstić information content (AvgIpc) is 2.60. The van der Waals surface area contributed by atoms with Gasteiger partial charge in [0.2, 0.25) is 0 Å². The van der Waals surface area contributed by atoms with Crippen molar-refractivity contribution in [2.45, 2.75) is 6.42 Å². The van der Waals surface area contributed by atoms with E-state index in [0.29, 0.717) is 6.42 Å². The maximum atomic E-state index is 10.8. The maximum Gasteiger partial charge on any atom is 2.00 e. The van der Waals surface area contributed by atoms with Gasteiger partial charge in [-0.05, 0) is 18.3 Å². The van der Waals surface area contributed by atoms with Crippen LogP contribution < -0.4 is 0 Å². The monoisotopic (exact) mass is 245 g/mol. The molecule has 2 aliphatic carbocycles. The van der Waals surface area contributed by atoms with Crippen LogP contribution in [0.1, 0.15) is 6.42 Å². The second-order valence-electron chi connectivity index (χ2n) is 3.68. The molecule has 0 aliphatic heterocycles. The van der Waals surface area contributed by atoms with Crippen molar-refractivity contribution in [3.63, 3.8) is 0 Å². The van der Waals surface area contributed by atoms with Crippen LogP contribution in [-0.2, 0) is 26.7 Å². The summed E-state index contributed by atoms with van der Waals surface area (Å²) in [6.45, 7) is 0. The van der Waals surface area contributed by atoms with Crippen molar-refractivity contribution in [3.8, 4) is 0 Å². The Balaban J connectivity index is 0.000000980. The SMILES string of the molecule is O=C(O)C1C2C=CC(C2)C1C(=O)O.[Cu+2]. The van der Waals surface area contributed by atoms with Crippen molar-refractivity contribution < 1.29 is 36.9 Å². The summed E-state index contributed by atoms with van der Waals surface area (Å²) in [6, 6.07) is 0. The van der Waals surface area contributed by atoms with Crippen molar-refractivity contribution in [1.82, 2.24) is 0 Å². The fourth-order valence-corrected chi connectivity index (χ4v) is 2.50. The Morgan fingerprint density at radius 1 is 1.00 bits per heavy atom. The van der Waals surface area contributed by atoms with Gasteiger partial charge >= 0.3 is 29.0 Å². The molecule has 1 saturated carbocycles. The number of aliphatic carboxylic acids is 2. The summed E-state index contributed by atoms with van der Waals surface area (Å²) in [6.07, 6.45) is 4.36. The molecule has 4 unspecified atom stereocenters. The van der Waals surface area contributed by atoms with E-state index in [2.05, 4.69) is 0 Å². The molecule has 2 rings (SSSR count). The van der Waals surface area contributed by atoms with E-state index >= 15 is 0 Å². The first-order valence-electron chi connectivity index (χ1n) is 4.25. The predicted molar refractivity (Wildman–Crippen MR) is 43.0 cm³/mol. The zero-order chi connectivity index (χ0) is 9.59. The molecular formula is C9H10CuO4+2. The van der Waals surface area contributed by atoms with Gasteiger partial charge in [0.25, 0.3) is 0 Å². The van der Waals surface area contributed by atoms with Crippen molar-refractivity contribution >= 4 is 11.9 Å².